The van der Waals surface area contributed by atoms with E-state index in [1.165, 1.54) is 0 Å². The zero-order chi connectivity index (χ0) is 32.6. The molecular weight excluding hydrogens is 646 g/mol. The molecule has 4 aromatic rings. The van der Waals surface area contributed by atoms with Gasteiger partial charge in [-0.2, -0.15) is 9.35 Å². The smallest absolute Gasteiger partial charge is 0.301 e. The quantitative estimate of drug-likeness (QED) is 0.156. The second-order valence-electron chi connectivity index (χ2n) is 12.9. The Morgan fingerprint density at radius 1 is 1.04 bits per heavy atom. The first-order valence-electron chi connectivity index (χ1n) is 15.2. The largest absolute Gasteiger partial charge is 0.456 e. The lowest BCUT2D eigenvalue weighted by atomic mass is 10.0. The average molecular weight is 686 g/mol. The maximum absolute atomic E-state index is 12.3. The minimum atomic E-state index is -2.47. The third-order valence-electron chi connectivity index (χ3n) is 8.11. The average Bonchev–Trinajstić information content (AvgIpc) is 3.69. The lowest BCUT2D eigenvalue weighted by molar-refractivity contribution is 0.00336. The Bertz CT molecular complexity index is 1820. The van der Waals surface area contributed by atoms with Crippen LogP contribution in [0.15, 0.2) is 59.0 Å². The number of imidazole rings is 1. The van der Waals surface area contributed by atoms with E-state index < -0.39 is 36.3 Å². The summed E-state index contributed by atoms with van der Waals surface area (Å²) in [7, 11) is -2.13. The first-order valence-corrected chi connectivity index (χ1v) is 21.3. The van der Waals surface area contributed by atoms with Gasteiger partial charge in [0.15, 0.2) is 11.8 Å². The molecule has 5 atom stereocenters. The summed E-state index contributed by atoms with van der Waals surface area (Å²) in [6.45, 7) is 8.25. The molecule has 0 amide bonds. The number of nitrogens with one attached hydrogen (secondary N) is 1. The Labute approximate surface area is 275 Å². The standard InChI is InChI=1S/C32H40ClN5O6SSi/c1-34-45(2,40)37-23-12-10-21(11-13-23)20-6-8-22(9-7-20)28-24(33)16-25-31(36-28)38(19-41-14-15-46(3,4)5)32(35-25)44-27-18-43-29-26(39)17-42-30(27)29/h6-13,16,26-27,29-30,39H,14-15,17-19H2,1-5H3,(H,34,37,40)/t26-,27-,29-,30-,45?/m1/s1. The Morgan fingerprint density at radius 2 is 1.70 bits per heavy atom. The molecule has 0 bridgehead atoms. The summed E-state index contributed by atoms with van der Waals surface area (Å²) in [4.78, 5) is 9.71. The van der Waals surface area contributed by atoms with E-state index in [0.717, 1.165) is 22.7 Å². The number of ether oxygens (including phenoxy) is 4. The molecule has 11 nitrogen and oxygen atoms in total. The van der Waals surface area contributed by atoms with Crippen molar-refractivity contribution in [2.45, 2.75) is 56.8 Å². The molecule has 0 spiro atoms. The van der Waals surface area contributed by atoms with Crippen LogP contribution in [0.1, 0.15) is 0 Å². The lowest BCUT2D eigenvalue weighted by Gasteiger charge is -2.19. The van der Waals surface area contributed by atoms with Gasteiger partial charge in [-0.15, -0.1) is 0 Å². The van der Waals surface area contributed by atoms with Crippen LogP contribution in [0.5, 0.6) is 6.01 Å². The van der Waals surface area contributed by atoms with Crippen molar-refractivity contribution in [2.24, 2.45) is 4.36 Å². The predicted molar refractivity (Wildman–Crippen MR) is 183 cm³/mol. The monoisotopic (exact) mass is 685 g/mol. The van der Waals surface area contributed by atoms with Crippen LogP contribution in [-0.2, 0) is 30.9 Å². The van der Waals surface area contributed by atoms with Crippen molar-refractivity contribution in [3.8, 4) is 28.4 Å². The molecule has 0 saturated carbocycles. The van der Waals surface area contributed by atoms with Gasteiger partial charge in [0.1, 0.15) is 40.5 Å². The highest BCUT2D eigenvalue weighted by Crippen LogP contribution is 2.35. The van der Waals surface area contributed by atoms with Crippen molar-refractivity contribution < 1.29 is 28.3 Å². The Morgan fingerprint density at radius 3 is 2.37 bits per heavy atom. The lowest BCUT2D eigenvalue weighted by Crippen LogP contribution is -2.35. The van der Waals surface area contributed by atoms with Crippen LogP contribution in [0.25, 0.3) is 33.5 Å². The molecule has 246 valence electrons. The summed E-state index contributed by atoms with van der Waals surface area (Å²) in [5.74, 6) is 0. The van der Waals surface area contributed by atoms with E-state index in [-0.39, 0.29) is 26.0 Å². The van der Waals surface area contributed by atoms with Crippen molar-refractivity contribution in [3.05, 3.63) is 59.6 Å². The number of hydrogen-bond acceptors (Lipinski definition) is 9. The third-order valence-corrected chi connectivity index (χ3v) is 11.4. The Hall–Kier alpha value is -2.88. The highest BCUT2D eigenvalue weighted by atomic mass is 35.5. The van der Waals surface area contributed by atoms with Gasteiger partial charge >= 0.3 is 6.01 Å². The summed E-state index contributed by atoms with van der Waals surface area (Å²) in [5, 5.41) is 10.6. The maximum Gasteiger partial charge on any atom is 0.301 e. The van der Waals surface area contributed by atoms with Gasteiger partial charge in [-0.05, 0) is 42.4 Å². The van der Waals surface area contributed by atoms with E-state index in [9.17, 15) is 9.32 Å². The van der Waals surface area contributed by atoms with E-state index in [1.807, 2.05) is 53.1 Å². The van der Waals surface area contributed by atoms with Gasteiger partial charge in [0.05, 0.1) is 29.6 Å². The second-order valence-corrected chi connectivity index (χ2v) is 21.1. The van der Waals surface area contributed by atoms with Crippen molar-refractivity contribution in [1.82, 2.24) is 19.3 Å². The molecule has 2 fully saturated rings. The molecule has 1 unspecified atom stereocenters. The fourth-order valence-corrected chi connectivity index (χ4v) is 7.04. The summed E-state index contributed by atoms with van der Waals surface area (Å²) in [6, 6.07) is 18.7. The number of aliphatic hydroxyl groups is 1. The SMILES string of the molecule is CNS(C)(=O)=Nc1ccc(-c2ccc(-c3nc4c(cc3Cl)nc(O[C@@H]3CO[C@H]5[C@@H]3OC[C@H]5O)n4COCC[Si](C)(C)C)cc2)cc1. The number of aliphatic hydroxyl groups excluding tert-OH is 1. The van der Waals surface area contributed by atoms with E-state index in [4.69, 9.17) is 40.5 Å². The number of rotatable bonds is 11. The molecule has 2 aromatic carbocycles. The fraction of sp³-hybridized carbons (Fsp3) is 0.438. The molecule has 14 heteroatoms. The molecule has 2 aliphatic heterocycles. The summed E-state index contributed by atoms with van der Waals surface area (Å²) >= 11 is 6.79. The van der Waals surface area contributed by atoms with Gasteiger partial charge in [0.2, 0.25) is 0 Å². The molecule has 6 rings (SSSR count). The van der Waals surface area contributed by atoms with Crippen LogP contribution < -0.4 is 9.46 Å². The number of halogens is 1. The first kappa shape index (κ1) is 33.0. The van der Waals surface area contributed by atoms with Crippen LogP contribution in [0.3, 0.4) is 0 Å². The number of nitrogens with zero attached hydrogens (tertiary/aromatic N) is 4. The van der Waals surface area contributed by atoms with E-state index >= 15 is 0 Å². The maximum atomic E-state index is 12.3. The van der Waals surface area contributed by atoms with Crippen LogP contribution in [0.4, 0.5) is 5.69 Å². The number of benzene rings is 2. The van der Waals surface area contributed by atoms with E-state index in [0.29, 0.717) is 40.2 Å². The summed E-state index contributed by atoms with van der Waals surface area (Å²) in [6.07, 6.45) is -0.341. The number of aromatic nitrogens is 3. The van der Waals surface area contributed by atoms with Crippen LogP contribution >= 0.6 is 11.6 Å². The van der Waals surface area contributed by atoms with Gasteiger partial charge in [0, 0.05) is 26.5 Å². The third kappa shape index (κ3) is 7.31. The highest BCUT2D eigenvalue weighted by Gasteiger charge is 2.49. The summed E-state index contributed by atoms with van der Waals surface area (Å²) in [5.41, 5.74) is 5.27. The Balaban J connectivity index is 1.28. The normalized spacial score (nSPS) is 22.6. The minimum Gasteiger partial charge on any atom is -0.456 e. The molecule has 2 saturated heterocycles. The van der Waals surface area contributed by atoms with E-state index in [2.05, 4.69) is 28.7 Å². The highest BCUT2D eigenvalue weighted by molar-refractivity contribution is 7.91. The minimum absolute atomic E-state index is 0.206. The Kier molecular flexibility index (Phi) is 9.56. The van der Waals surface area contributed by atoms with Gasteiger partial charge < -0.3 is 24.1 Å². The molecule has 0 aliphatic carbocycles. The molecule has 2 N–H and O–H groups in total. The van der Waals surface area contributed by atoms with E-state index in [1.54, 1.807) is 19.4 Å². The van der Waals surface area contributed by atoms with Crippen molar-refractivity contribution in [1.29, 1.82) is 0 Å². The first-order chi connectivity index (χ1) is 21.9. The molecule has 2 aromatic heterocycles. The van der Waals surface area contributed by atoms with Crippen molar-refractivity contribution in [3.63, 3.8) is 0 Å². The number of hydrogen-bond donors (Lipinski definition) is 2. The molecule has 4 heterocycles. The van der Waals surface area contributed by atoms with Crippen molar-refractivity contribution >= 4 is 46.4 Å². The predicted octanol–water partition coefficient (Wildman–Crippen LogP) is 5.50. The topological polar surface area (TPSA) is 129 Å². The zero-order valence-corrected chi connectivity index (χ0v) is 29.2. The molecular formula is C32H40ClN5O6SSi. The molecule has 2 aliphatic rings. The van der Waals surface area contributed by atoms with Crippen LogP contribution in [0, 0.1) is 0 Å². The van der Waals surface area contributed by atoms with Gasteiger partial charge in [0.25, 0.3) is 0 Å². The zero-order valence-electron chi connectivity index (χ0n) is 26.6. The van der Waals surface area contributed by atoms with Gasteiger partial charge in [-0.3, -0.25) is 4.57 Å². The summed E-state index contributed by atoms with van der Waals surface area (Å²) < 4.78 is 45.1. The molecule has 46 heavy (non-hydrogen) atoms. The fourth-order valence-electron chi connectivity index (χ4n) is 5.41. The number of fused-ring (bicyclic) bond motifs is 2. The van der Waals surface area contributed by atoms with Crippen LogP contribution in [0.2, 0.25) is 30.7 Å². The van der Waals surface area contributed by atoms with Crippen LogP contribution in [-0.4, -0.2) is 89.5 Å². The van der Waals surface area contributed by atoms with Gasteiger partial charge in [-0.25, -0.2) is 13.9 Å². The van der Waals surface area contributed by atoms with Gasteiger partial charge in [-0.1, -0.05) is 67.6 Å². The number of pyridine rings is 1. The van der Waals surface area contributed by atoms with Crippen molar-refractivity contribution in [2.75, 3.05) is 33.1 Å². The second kappa shape index (κ2) is 13.3. The molecule has 0 radical (unpaired) electrons.